The zero-order chi connectivity index (χ0) is 17.1. The van der Waals surface area contributed by atoms with Crippen LogP contribution in [0.15, 0.2) is 18.2 Å². The summed E-state index contributed by atoms with van der Waals surface area (Å²) in [6, 6.07) is 6.07. The van der Waals surface area contributed by atoms with E-state index in [2.05, 4.69) is 10.2 Å². The van der Waals surface area contributed by atoms with Gasteiger partial charge in [0.2, 0.25) is 0 Å². The van der Waals surface area contributed by atoms with Gasteiger partial charge < -0.3 is 19.9 Å². The zero-order valence-electron chi connectivity index (χ0n) is 14.3. The van der Waals surface area contributed by atoms with Gasteiger partial charge in [-0.2, -0.15) is 0 Å². The highest BCUT2D eigenvalue weighted by atomic mass is 16.5. The number of hydrogen-bond donors (Lipinski definition) is 2. The lowest BCUT2D eigenvalue weighted by Crippen LogP contribution is -2.46. The number of methoxy groups -OCH3 is 1. The molecule has 1 aromatic rings. The predicted octanol–water partition coefficient (Wildman–Crippen LogP) is 0.958. The number of amides is 1. The number of rotatable bonds is 5. The largest absolute Gasteiger partial charge is 0.496 e. The van der Waals surface area contributed by atoms with Crippen molar-refractivity contribution >= 4 is 5.91 Å². The molecule has 2 saturated heterocycles. The number of ether oxygens (including phenoxy) is 2. The van der Waals surface area contributed by atoms with Gasteiger partial charge in [0.25, 0.3) is 5.91 Å². The maximum Gasteiger partial charge on any atom is 0.255 e. The highest BCUT2D eigenvalue weighted by Crippen LogP contribution is 2.25. The summed E-state index contributed by atoms with van der Waals surface area (Å²) < 4.78 is 11.1. The van der Waals surface area contributed by atoms with Crippen LogP contribution in [-0.4, -0.2) is 67.5 Å². The number of fused-ring (bicyclic) bond motifs is 1. The first-order valence-electron chi connectivity index (χ1n) is 8.52. The van der Waals surface area contributed by atoms with E-state index in [0.717, 1.165) is 25.1 Å². The van der Waals surface area contributed by atoms with Crippen molar-refractivity contribution in [3.05, 3.63) is 29.3 Å². The van der Waals surface area contributed by atoms with E-state index in [9.17, 15) is 4.79 Å². The first kappa shape index (κ1) is 17.2. The number of carbonyl (C=O) groups excluding carboxylic acids is 1. The molecule has 1 amide bonds. The number of aliphatic hydroxyl groups is 1. The van der Waals surface area contributed by atoms with Crippen LogP contribution in [-0.2, 0) is 4.74 Å². The summed E-state index contributed by atoms with van der Waals surface area (Å²) in [5, 5.41) is 12.2. The molecule has 3 atom stereocenters. The summed E-state index contributed by atoms with van der Waals surface area (Å²) in [5.41, 5.74) is 1.64. The second kappa shape index (κ2) is 7.51. The van der Waals surface area contributed by atoms with Gasteiger partial charge in [0.15, 0.2) is 0 Å². The van der Waals surface area contributed by atoms with Crippen LogP contribution in [0.25, 0.3) is 0 Å². The summed E-state index contributed by atoms with van der Waals surface area (Å²) in [4.78, 5) is 15.0. The Labute approximate surface area is 142 Å². The van der Waals surface area contributed by atoms with Gasteiger partial charge in [-0.3, -0.25) is 9.69 Å². The van der Waals surface area contributed by atoms with Gasteiger partial charge in [0.05, 0.1) is 25.4 Å². The molecule has 0 unspecified atom stereocenters. The summed E-state index contributed by atoms with van der Waals surface area (Å²) in [6.07, 6.45) is 1.66. The van der Waals surface area contributed by atoms with Crippen LogP contribution < -0.4 is 10.1 Å². The van der Waals surface area contributed by atoms with Crippen molar-refractivity contribution in [2.75, 3.05) is 33.4 Å². The minimum atomic E-state index is -0.0930. The predicted molar refractivity (Wildman–Crippen MR) is 90.4 cm³/mol. The van der Waals surface area contributed by atoms with E-state index in [1.807, 2.05) is 25.1 Å². The average Bonchev–Trinajstić information content (AvgIpc) is 2.96. The minimum Gasteiger partial charge on any atom is -0.496 e. The molecule has 2 aliphatic rings. The average molecular weight is 334 g/mol. The summed E-state index contributed by atoms with van der Waals surface area (Å²) >= 11 is 0. The molecular weight excluding hydrogens is 308 g/mol. The Kier molecular flexibility index (Phi) is 5.38. The van der Waals surface area contributed by atoms with E-state index in [-0.39, 0.29) is 24.7 Å². The van der Waals surface area contributed by atoms with Crippen molar-refractivity contribution < 1.29 is 19.4 Å². The Morgan fingerprint density at radius 2 is 2.29 bits per heavy atom. The van der Waals surface area contributed by atoms with Crippen LogP contribution in [0.4, 0.5) is 0 Å². The third-order valence-corrected chi connectivity index (χ3v) is 4.88. The van der Waals surface area contributed by atoms with Crippen LogP contribution >= 0.6 is 0 Å². The monoisotopic (exact) mass is 334 g/mol. The van der Waals surface area contributed by atoms with Crippen molar-refractivity contribution in [1.82, 2.24) is 10.2 Å². The summed E-state index contributed by atoms with van der Waals surface area (Å²) in [7, 11) is 1.58. The Morgan fingerprint density at radius 1 is 1.46 bits per heavy atom. The maximum atomic E-state index is 12.6. The van der Waals surface area contributed by atoms with Crippen molar-refractivity contribution in [3.8, 4) is 5.75 Å². The van der Waals surface area contributed by atoms with Gasteiger partial charge in [0, 0.05) is 31.8 Å². The Bertz CT molecular complexity index is 592. The molecule has 2 heterocycles. The van der Waals surface area contributed by atoms with Gasteiger partial charge in [-0.05, 0) is 37.5 Å². The van der Waals surface area contributed by atoms with Crippen LogP contribution in [0, 0.1) is 6.92 Å². The Balaban J connectivity index is 1.60. The molecule has 0 aliphatic carbocycles. The number of benzene rings is 1. The molecule has 6 heteroatoms. The fourth-order valence-electron chi connectivity index (χ4n) is 3.62. The van der Waals surface area contributed by atoms with Crippen molar-refractivity contribution in [3.63, 3.8) is 0 Å². The summed E-state index contributed by atoms with van der Waals surface area (Å²) in [6.45, 7) is 4.45. The lowest BCUT2D eigenvalue weighted by atomic mass is 10.1. The third-order valence-electron chi connectivity index (χ3n) is 4.88. The SMILES string of the molecule is COc1cc(C)ccc1C(=O)N[C@@H]1C[C@H]2CO[C@@H](CCO)CN2C1. The number of carbonyl (C=O) groups is 1. The number of aryl methyl sites for hydroxylation is 1. The Morgan fingerprint density at radius 3 is 3.04 bits per heavy atom. The normalized spacial score (nSPS) is 26.9. The van der Waals surface area contributed by atoms with Gasteiger partial charge in [-0.1, -0.05) is 6.07 Å². The quantitative estimate of drug-likeness (QED) is 0.839. The van der Waals surface area contributed by atoms with E-state index in [1.165, 1.54) is 0 Å². The smallest absolute Gasteiger partial charge is 0.255 e. The first-order valence-corrected chi connectivity index (χ1v) is 8.52. The van der Waals surface area contributed by atoms with Crippen LogP contribution in [0.5, 0.6) is 5.75 Å². The summed E-state index contributed by atoms with van der Waals surface area (Å²) in [5.74, 6) is 0.513. The number of nitrogens with zero attached hydrogens (tertiary/aromatic N) is 1. The zero-order valence-corrected chi connectivity index (χ0v) is 14.3. The number of nitrogens with one attached hydrogen (secondary N) is 1. The molecule has 3 rings (SSSR count). The number of aliphatic hydroxyl groups excluding tert-OH is 1. The molecule has 2 fully saturated rings. The molecule has 0 aromatic heterocycles. The number of morpholine rings is 1. The molecule has 0 saturated carbocycles. The maximum absolute atomic E-state index is 12.6. The molecule has 2 aliphatic heterocycles. The molecule has 132 valence electrons. The lowest BCUT2D eigenvalue weighted by Gasteiger charge is -2.34. The van der Waals surface area contributed by atoms with Crippen molar-refractivity contribution in [1.29, 1.82) is 0 Å². The number of hydrogen-bond acceptors (Lipinski definition) is 5. The second-order valence-electron chi connectivity index (χ2n) is 6.69. The van der Waals surface area contributed by atoms with Crippen LogP contribution in [0.3, 0.4) is 0 Å². The molecule has 6 nitrogen and oxygen atoms in total. The van der Waals surface area contributed by atoms with Gasteiger partial charge in [-0.25, -0.2) is 0 Å². The fraction of sp³-hybridized carbons (Fsp3) is 0.611. The van der Waals surface area contributed by atoms with Crippen LogP contribution in [0.2, 0.25) is 0 Å². The minimum absolute atomic E-state index is 0.0930. The molecule has 24 heavy (non-hydrogen) atoms. The fourth-order valence-corrected chi connectivity index (χ4v) is 3.62. The highest BCUT2D eigenvalue weighted by molar-refractivity contribution is 5.97. The van der Waals surface area contributed by atoms with Gasteiger partial charge in [0.1, 0.15) is 5.75 Å². The molecule has 1 aromatic carbocycles. The second-order valence-corrected chi connectivity index (χ2v) is 6.69. The molecule has 2 N–H and O–H groups in total. The van der Waals surface area contributed by atoms with Crippen LogP contribution in [0.1, 0.15) is 28.8 Å². The van der Waals surface area contributed by atoms with E-state index >= 15 is 0 Å². The molecule has 0 bridgehead atoms. The lowest BCUT2D eigenvalue weighted by molar-refractivity contribution is -0.0566. The van der Waals surface area contributed by atoms with Gasteiger partial charge >= 0.3 is 0 Å². The topological polar surface area (TPSA) is 71.0 Å². The Hall–Kier alpha value is -1.63. The molecule has 0 spiro atoms. The van der Waals surface area contributed by atoms with Gasteiger partial charge in [-0.15, -0.1) is 0 Å². The third kappa shape index (κ3) is 3.71. The first-order chi connectivity index (χ1) is 11.6. The van der Waals surface area contributed by atoms with E-state index < -0.39 is 0 Å². The van der Waals surface area contributed by atoms with E-state index in [0.29, 0.717) is 30.4 Å². The van der Waals surface area contributed by atoms with Crippen molar-refractivity contribution in [2.24, 2.45) is 0 Å². The van der Waals surface area contributed by atoms with E-state index in [4.69, 9.17) is 14.6 Å². The molecule has 0 radical (unpaired) electrons. The highest BCUT2D eigenvalue weighted by Gasteiger charge is 2.37. The van der Waals surface area contributed by atoms with Crippen molar-refractivity contribution in [2.45, 2.75) is 38.0 Å². The van der Waals surface area contributed by atoms with E-state index in [1.54, 1.807) is 7.11 Å². The standard InChI is InChI=1S/C18H26N2O4/c1-12-3-4-16(17(7-12)23-2)18(22)19-13-8-14-11-24-15(5-6-21)10-20(14)9-13/h3-4,7,13-15,21H,5-6,8-11H2,1-2H3,(H,19,22)/t13-,14+,15+/m1/s1. The molecular formula is C18H26N2O4.